The molecule has 0 bridgehead atoms. The summed E-state index contributed by atoms with van der Waals surface area (Å²) in [5.41, 5.74) is 5.51. The number of fused-ring (bicyclic) bond motifs is 1. The van der Waals surface area contributed by atoms with Crippen molar-refractivity contribution < 1.29 is 14.3 Å². The van der Waals surface area contributed by atoms with E-state index in [1.165, 1.54) is 5.56 Å². The van der Waals surface area contributed by atoms with Gasteiger partial charge in [0.15, 0.2) is 0 Å². The molecule has 1 aromatic heterocycles. The van der Waals surface area contributed by atoms with Gasteiger partial charge in [-0.05, 0) is 53.8 Å². The highest BCUT2D eigenvalue weighted by Gasteiger charge is 2.25. The number of aryl methyl sites for hydroxylation is 1. The molecule has 5 rings (SSSR count). The molecule has 0 unspecified atom stereocenters. The molecule has 2 atom stereocenters. The fourth-order valence-corrected chi connectivity index (χ4v) is 5.48. The number of amides is 1. The van der Waals surface area contributed by atoms with Crippen LogP contribution in [0.3, 0.4) is 0 Å². The van der Waals surface area contributed by atoms with Crippen LogP contribution in [0.25, 0.3) is 10.9 Å². The number of ether oxygens (including phenoxy) is 2. The van der Waals surface area contributed by atoms with Gasteiger partial charge in [0.05, 0.1) is 20.3 Å². The molecule has 0 spiro atoms. The molecule has 5 heteroatoms. The second kappa shape index (κ2) is 12.6. The minimum absolute atomic E-state index is 0.00935. The van der Waals surface area contributed by atoms with Crippen LogP contribution in [-0.4, -0.2) is 24.7 Å². The van der Waals surface area contributed by atoms with E-state index in [9.17, 15) is 4.79 Å². The van der Waals surface area contributed by atoms with Crippen LogP contribution in [0.15, 0.2) is 109 Å². The number of benzene rings is 4. The Labute approximate surface area is 236 Å². The zero-order chi connectivity index (χ0) is 27.9. The molecule has 1 N–H and O–H groups in total. The van der Waals surface area contributed by atoms with Crippen LogP contribution in [0.1, 0.15) is 47.6 Å². The van der Waals surface area contributed by atoms with E-state index in [1.807, 2.05) is 54.6 Å². The minimum Gasteiger partial charge on any atom is -0.497 e. The quantitative estimate of drug-likeness (QED) is 0.194. The number of nitrogens with zero attached hydrogens (tertiary/aromatic N) is 1. The van der Waals surface area contributed by atoms with E-state index in [4.69, 9.17) is 9.47 Å². The Kier molecular flexibility index (Phi) is 8.50. The van der Waals surface area contributed by atoms with Crippen molar-refractivity contribution >= 4 is 16.8 Å². The highest BCUT2D eigenvalue weighted by molar-refractivity contribution is 5.87. The minimum atomic E-state index is -0.199. The third-order valence-electron chi connectivity index (χ3n) is 7.52. The van der Waals surface area contributed by atoms with Gasteiger partial charge in [-0.15, -0.1) is 0 Å². The Morgan fingerprint density at radius 1 is 0.800 bits per heavy atom. The number of hydrogen-bond donors (Lipinski definition) is 1. The third-order valence-corrected chi connectivity index (χ3v) is 7.52. The normalized spacial score (nSPS) is 12.6. The third kappa shape index (κ3) is 6.04. The van der Waals surface area contributed by atoms with E-state index >= 15 is 0 Å². The summed E-state index contributed by atoms with van der Waals surface area (Å²) in [4.78, 5) is 13.9. The fraction of sp³-hybridized carbons (Fsp3) is 0.229. The SMILES string of the molecule is CCn1cc([C@H](CC(=O)N[C@@H](Cc2ccccc2)c2ccccc2)c2cc(OC)cc(OC)c2)c2ccccc21. The highest BCUT2D eigenvalue weighted by Crippen LogP contribution is 2.38. The lowest BCUT2D eigenvalue weighted by atomic mass is 9.87. The maximum atomic E-state index is 13.9. The van der Waals surface area contributed by atoms with E-state index in [-0.39, 0.29) is 24.3 Å². The van der Waals surface area contributed by atoms with Crippen molar-refractivity contribution in [1.82, 2.24) is 9.88 Å². The van der Waals surface area contributed by atoms with E-state index in [0.717, 1.165) is 34.1 Å². The van der Waals surface area contributed by atoms with Gasteiger partial charge in [0.25, 0.3) is 0 Å². The topological polar surface area (TPSA) is 52.5 Å². The van der Waals surface area contributed by atoms with Gasteiger partial charge in [0, 0.05) is 42.0 Å². The van der Waals surface area contributed by atoms with Crippen molar-refractivity contribution in [2.45, 2.75) is 38.3 Å². The monoisotopic (exact) mass is 532 g/mol. The highest BCUT2D eigenvalue weighted by atomic mass is 16.5. The first-order valence-corrected chi connectivity index (χ1v) is 13.8. The van der Waals surface area contributed by atoms with Gasteiger partial charge in [-0.3, -0.25) is 4.79 Å². The van der Waals surface area contributed by atoms with E-state index in [0.29, 0.717) is 17.9 Å². The van der Waals surface area contributed by atoms with Gasteiger partial charge < -0.3 is 19.4 Å². The van der Waals surface area contributed by atoms with Crippen molar-refractivity contribution in [3.63, 3.8) is 0 Å². The first-order valence-electron chi connectivity index (χ1n) is 13.8. The largest absolute Gasteiger partial charge is 0.497 e. The number of para-hydroxylation sites is 1. The van der Waals surface area contributed by atoms with E-state index < -0.39 is 0 Å². The van der Waals surface area contributed by atoms with Gasteiger partial charge in [-0.1, -0.05) is 78.9 Å². The number of hydrogen-bond acceptors (Lipinski definition) is 3. The molecule has 1 heterocycles. The fourth-order valence-electron chi connectivity index (χ4n) is 5.48. The molecule has 5 nitrogen and oxygen atoms in total. The smallest absolute Gasteiger partial charge is 0.221 e. The Bertz CT molecular complexity index is 1540. The summed E-state index contributed by atoms with van der Waals surface area (Å²) in [6.07, 6.45) is 3.18. The Hall–Kier alpha value is -4.51. The van der Waals surface area contributed by atoms with Crippen LogP contribution >= 0.6 is 0 Å². The maximum absolute atomic E-state index is 13.9. The molecule has 0 saturated carbocycles. The van der Waals surface area contributed by atoms with Crippen molar-refractivity contribution in [2.75, 3.05) is 14.2 Å². The second-order valence-corrected chi connectivity index (χ2v) is 10.0. The Balaban J connectivity index is 1.53. The standard InChI is InChI=1S/C35H36N2O3/c1-4-37-24-32(30-17-11-12-18-34(30)37)31(27-20-28(39-2)22-29(21-27)40-3)23-35(38)36-33(26-15-9-6-10-16-26)19-25-13-7-5-8-14-25/h5-18,20-22,24,31,33H,4,19,23H2,1-3H3,(H,36,38)/t31-,33+/m1/s1. The maximum Gasteiger partial charge on any atom is 0.221 e. The summed E-state index contributed by atoms with van der Waals surface area (Å²) < 4.78 is 13.5. The van der Waals surface area contributed by atoms with Crippen LogP contribution < -0.4 is 14.8 Å². The molecule has 204 valence electrons. The average molecular weight is 533 g/mol. The van der Waals surface area contributed by atoms with Crippen molar-refractivity contribution in [3.05, 3.63) is 132 Å². The molecule has 0 aliphatic rings. The van der Waals surface area contributed by atoms with Gasteiger partial charge in [0.2, 0.25) is 5.91 Å². The summed E-state index contributed by atoms with van der Waals surface area (Å²) in [6, 6.07) is 34.6. The number of nitrogens with one attached hydrogen (secondary N) is 1. The zero-order valence-electron chi connectivity index (χ0n) is 23.3. The molecule has 1 amide bonds. The average Bonchev–Trinajstić information content (AvgIpc) is 3.38. The molecule has 0 radical (unpaired) electrons. The molecule has 0 aliphatic carbocycles. The molecule has 40 heavy (non-hydrogen) atoms. The molecule has 4 aromatic carbocycles. The summed E-state index contributed by atoms with van der Waals surface area (Å²) in [5.74, 6) is 1.19. The molecule has 5 aromatic rings. The molecular weight excluding hydrogens is 496 g/mol. The predicted octanol–water partition coefficient (Wildman–Crippen LogP) is 7.30. The lowest BCUT2D eigenvalue weighted by Gasteiger charge is -2.23. The molecule has 0 aliphatic heterocycles. The van der Waals surface area contributed by atoms with Crippen LogP contribution in [-0.2, 0) is 17.8 Å². The number of aromatic nitrogens is 1. The molecule has 0 fully saturated rings. The lowest BCUT2D eigenvalue weighted by molar-refractivity contribution is -0.122. The van der Waals surface area contributed by atoms with Crippen molar-refractivity contribution in [2.24, 2.45) is 0 Å². The van der Waals surface area contributed by atoms with Crippen LogP contribution in [0, 0.1) is 0 Å². The first kappa shape index (κ1) is 27.1. The predicted molar refractivity (Wildman–Crippen MR) is 161 cm³/mol. The Morgan fingerprint density at radius 2 is 1.43 bits per heavy atom. The van der Waals surface area contributed by atoms with Crippen LogP contribution in [0.5, 0.6) is 11.5 Å². The molecule has 0 saturated heterocycles. The van der Waals surface area contributed by atoms with Crippen LogP contribution in [0.4, 0.5) is 0 Å². The van der Waals surface area contributed by atoms with Gasteiger partial charge in [-0.2, -0.15) is 0 Å². The Morgan fingerprint density at radius 3 is 2.08 bits per heavy atom. The van der Waals surface area contributed by atoms with Crippen LogP contribution in [0.2, 0.25) is 0 Å². The summed E-state index contributed by atoms with van der Waals surface area (Å²) in [5, 5.41) is 4.52. The van der Waals surface area contributed by atoms with Gasteiger partial charge in [0.1, 0.15) is 11.5 Å². The number of carbonyl (C=O) groups is 1. The summed E-state index contributed by atoms with van der Waals surface area (Å²) in [7, 11) is 3.30. The first-order chi connectivity index (χ1) is 19.6. The van der Waals surface area contributed by atoms with Gasteiger partial charge in [-0.25, -0.2) is 0 Å². The van der Waals surface area contributed by atoms with Crippen molar-refractivity contribution in [1.29, 1.82) is 0 Å². The number of rotatable bonds is 11. The van der Waals surface area contributed by atoms with E-state index in [2.05, 4.69) is 71.5 Å². The lowest BCUT2D eigenvalue weighted by Crippen LogP contribution is -2.31. The second-order valence-electron chi connectivity index (χ2n) is 10.0. The van der Waals surface area contributed by atoms with Gasteiger partial charge >= 0.3 is 0 Å². The zero-order valence-corrected chi connectivity index (χ0v) is 23.3. The number of carbonyl (C=O) groups excluding carboxylic acids is 1. The van der Waals surface area contributed by atoms with Crippen molar-refractivity contribution in [3.8, 4) is 11.5 Å². The number of methoxy groups -OCH3 is 2. The molecular formula is C35H36N2O3. The van der Waals surface area contributed by atoms with E-state index in [1.54, 1.807) is 14.2 Å². The summed E-state index contributed by atoms with van der Waals surface area (Å²) in [6.45, 7) is 2.98. The summed E-state index contributed by atoms with van der Waals surface area (Å²) >= 11 is 0.